The van der Waals surface area contributed by atoms with E-state index in [4.69, 9.17) is 16.8 Å². The lowest BCUT2D eigenvalue weighted by molar-refractivity contribution is 0.308. The molecule has 0 aliphatic heterocycles. The van der Waals surface area contributed by atoms with Gasteiger partial charge in [0.05, 0.1) is 16.4 Å². The molecule has 1 aliphatic carbocycles. The molecule has 1 aromatic rings. The van der Waals surface area contributed by atoms with Gasteiger partial charge in [-0.3, -0.25) is 0 Å². The molecule has 0 radical (unpaired) electrons. The molecule has 0 unspecified atom stereocenters. The number of rotatable bonds is 4. The Balaban J connectivity index is 2.03. The van der Waals surface area contributed by atoms with Gasteiger partial charge in [0.15, 0.2) is 9.84 Å². The molecule has 1 atom stereocenters. The van der Waals surface area contributed by atoms with Gasteiger partial charge in [-0.25, -0.2) is 8.42 Å². The lowest BCUT2D eigenvalue weighted by Crippen LogP contribution is -2.22. The molecule has 1 saturated carbocycles. The summed E-state index contributed by atoms with van der Waals surface area (Å²) in [6.07, 6.45) is 4.24. The van der Waals surface area contributed by atoms with Crippen LogP contribution in [0.15, 0.2) is 34.3 Å². The standard InChI is InChI=1S/C14H18ClNO3S/c15-12-5-7-13(8-6-12)20(18,19)10-9-11-3-1-2-4-14(11)16-17/h5-8,11,17H,1-4,9-10H2/b16-14+/t11-/m0/s1. The summed E-state index contributed by atoms with van der Waals surface area (Å²) in [7, 11) is -3.30. The van der Waals surface area contributed by atoms with Crippen molar-refractivity contribution in [1.82, 2.24) is 0 Å². The first kappa shape index (κ1) is 15.3. The molecular weight excluding hydrogens is 298 g/mol. The quantitative estimate of drug-likeness (QED) is 0.682. The summed E-state index contributed by atoms with van der Waals surface area (Å²) in [5.74, 6) is 0.147. The molecule has 0 saturated heterocycles. The minimum atomic E-state index is -3.30. The first-order valence-corrected chi connectivity index (χ1v) is 8.75. The zero-order valence-electron chi connectivity index (χ0n) is 11.1. The minimum Gasteiger partial charge on any atom is -0.411 e. The number of hydrogen-bond donors (Lipinski definition) is 1. The average Bonchev–Trinajstić information content (AvgIpc) is 2.46. The Labute approximate surface area is 124 Å². The Bertz CT molecular complexity index is 581. The van der Waals surface area contributed by atoms with E-state index >= 15 is 0 Å². The van der Waals surface area contributed by atoms with Crippen LogP contribution in [0.4, 0.5) is 0 Å². The Hall–Kier alpha value is -1.07. The first-order valence-electron chi connectivity index (χ1n) is 6.72. The van der Waals surface area contributed by atoms with Crippen molar-refractivity contribution >= 4 is 27.1 Å². The maximum atomic E-state index is 12.2. The summed E-state index contributed by atoms with van der Waals surface area (Å²) in [4.78, 5) is 0.292. The molecule has 0 amide bonds. The summed E-state index contributed by atoms with van der Waals surface area (Å²) < 4.78 is 24.5. The van der Waals surface area contributed by atoms with Crippen LogP contribution in [-0.2, 0) is 9.84 Å². The molecule has 20 heavy (non-hydrogen) atoms. The molecule has 1 aliphatic rings. The van der Waals surface area contributed by atoms with E-state index in [0.717, 1.165) is 31.4 Å². The molecule has 0 aromatic heterocycles. The Morgan fingerprint density at radius 2 is 1.95 bits per heavy atom. The topological polar surface area (TPSA) is 66.7 Å². The van der Waals surface area contributed by atoms with Crippen molar-refractivity contribution in [3.8, 4) is 0 Å². The number of benzene rings is 1. The summed E-state index contributed by atoms with van der Waals surface area (Å²) in [5, 5.41) is 12.8. The van der Waals surface area contributed by atoms with Crippen LogP contribution < -0.4 is 0 Å². The van der Waals surface area contributed by atoms with Crippen molar-refractivity contribution in [2.45, 2.75) is 37.0 Å². The highest BCUT2D eigenvalue weighted by Crippen LogP contribution is 2.26. The lowest BCUT2D eigenvalue weighted by atomic mass is 9.85. The van der Waals surface area contributed by atoms with Crippen LogP contribution in [0.25, 0.3) is 0 Å². The van der Waals surface area contributed by atoms with Gasteiger partial charge < -0.3 is 5.21 Å². The highest BCUT2D eigenvalue weighted by molar-refractivity contribution is 7.91. The normalized spacial score (nSPS) is 22.1. The van der Waals surface area contributed by atoms with Crippen LogP contribution in [0.3, 0.4) is 0 Å². The van der Waals surface area contributed by atoms with Crippen molar-refractivity contribution < 1.29 is 13.6 Å². The molecule has 1 fully saturated rings. The Kier molecular flexibility index (Phi) is 5.05. The van der Waals surface area contributed by atoms with Crippen molar-refractivity contribution in [3.05, 3.63) is 29.3 Å². The maximum Gasteiger partial charge on any atom is 0.178 e. The number of sulfone groups is 1. The number of nitrogens with zero attached hydrogens (tertiary/aromatic N) is 1. The lowest BCUT2D eigenvalue weighted by Gasteiger charge is -2.22. The monoisotopic (exact) mass is 315 g/mol. The molecule has 0 bridgehead atoms. The minimum absolute atomic E-state index is 0.0678. The van der Waals surface area contributed by atoms with E-state index in [1.54, 1.807) is 12.1 Å². The fraction of sp³-hybridized carbons (Fsp3) is 0.500. The first-order chi connectivity index (χ1) is 9.53. The number of oxime groups is 1. The fourth-order valence-corrected chi connectivity index (χ4v) is 4.07. The summed E-state index contributed by atoms with van der Waals surface area (Å²) >= 11 is 5.76. The Morgan fingerprint density at radius 1 is 1.25 bits per heavy atom. The van der Waals surface area contributed by atoms with E-state index in [-0.39, 0.29) is 11.7 Å². The van der Waals surface area contributed by atoms with Crippen molar-refractivity contribution in [2.24, 2.45) is 11.1 Å². The molecule has 0 spiro atoms. The largest absolute Gasteiger partial charge is 0.411 e. The summed E-state index contributed by atoms with van der Waals surface area (Å²) in [6, 6.07) is 6.21. The SMILES string of the molecule is O=S(=O)(CC[C@@H]1CCCC/C1=N\O)c1ccc(Cl)cc1. The zero-order valence-corrected chi connectivity index (χ0v) is 12.7. The van der Waals surface area contributed by atoms with Crippen LogP contribution in [0.5, 0.6) is 0 Å². The van der Waals surface area contributed by atoms with E-state index in [1.807, 2.05) is 0 Å². The number of hydrogen-bond acceptors (Lipinski definition) is 4. The second-order valence-corrected chi connectivity index (χ2v) is 7.64. The predicted octanol–water partition coefficient (Wildman–Crippen LogP) is 3.52. The third-order valence-electron chi connectivity index (χ3n) is 3.74. The Morgan fingerprint density at radius 3 is 2.60 bits per heavy atom. The van der Waals surface area contributed by atoms with Crippen molar-refractivity contribution in [3.63, 3.8) is 0 Å². The van der Waals surface area contributed by atoms with Gasteiger partial charge in [0.1, 0.15) is 0 Å². The van der Waals surface area contributed by atoms with Crippen LogP contribution in [0, 0.1) is 5.92 Å². The third kappa shape index (κ3) is 3.73. The highest BCUT2D eigenvalue weighted by Gasteiger charge is 2.24. The molecule has 1 N–H and O–H groups in total. The van der Waals surface area contributed by atoms with Gasteiger partial charge in [-0.1, -0.05) is 23.2 Å². The maximum absolute atomic E-state index is 12.2. The van der Waals surface area contributed by atoms with Gasteiger partial charge in [0, 0.05) is 10.9 Å². The van der Waals surface area contributed by atoms with E-state index < -0.39 is 9.84 Å². The van der Waals surface area contributed by atoms with Crippen molar-refractivity contribution in [1.29, 1.82) is 0 Å². The average molecular weight is 316 g/mol. The van der Waals surface area contributed by atoms with Gasteiger partial charge in [0.25, 0.3) is 0 Å². The van der Waals surface area contributed by atoms with Crippen LogP contribution in [0.1, 0.15) is 32.1 Å². The second-order valence-electron chi connectivity index (χ2n) is 5.10. The predicted molar refractivity (Wildman–Crippen MR) is 79.3 cm³/mol. The summed E-state index contributed by atoms with van der Waals surface area (Å²) in [5.41, 5.74) is 0.738. The number of halogens is 1. The van der Waals surface area contributed by atoms with Gasteiger partial charge in [-0.05, 0) is 49.9 Å². The van der Waals surface area contributed by atoms with Gasteiger partial charge in [-0.2, -0.15) is 0 Å². The summed E-state index contributed by atoms with van der Waals surface area (Å²) in [6.45, 7) is 0. The van der Waals surface area contributed by atoms with Gasteiger partial charge >= 0.3 is 0 Å². The van der Waals surface area contributed by atoms with Gasteiger partial charge in [-0.15, -0.1) is 0 Å². The molecule has 6 heteroatoms. The van der Waals surface area contributed by atoms with E-state index in [0.29, 0.717) is 16.3 Å². The van der Waals surface area contributed by atoms with Crippen molar-refractivity contribution in [2.75, 3.05) is 5.75 Å². The van der Waals surface area contributed by atoms with Gasteiger partial charge in [0.2, 0.25) is 0 Å². The van der Waals surface area contributed by atoms with E-state index in [9.17, 15) is 8.42 Å². The van der Waals surface area contributed by atoms with Crippen LogP contribution in [0.2, 0.25) is 5.02 Å². The molecule has 2 rings (SSSR count). The van der Waals surface area contributed by atoms with Crippen LogP contribution in [-0.4, -0.2) is 25.1 Å². The highest BCUT2D eigenvalue weighted by atomic mass is 35.5. The molecule has 110 valence electrons. The van der Waals surface area contributed by atoms with Crippen LogP contribution >= 0.6 is 11.6 Å². The molecule has 1 aromatic carbocycles. The molecular formula is C14H18ClNO3S. The van der Waals surface area contributed by atoms with E-state index in [1.165, 1.54) is 12.1 Å². The fourth-order valence-electron chi connectivity index (χ4n) is 2.57. The second kappa shape index (κ2) is 6.59. The third-order valence-corrected chi connectivity index (χ3v) is 5.76. The zero-order chi connectivity index (χ0) is 14.6. The van der Waals surface area contributed by atoms with E-state index in [2.05, 4.69) is 5.16 Å². The molecule has 0 heterocycles. The molecule has 4 nitrogen and oxygen atoms in total. The smallest absolute Gasteiger partial charge is 0.178 e.